The zero-order chi connectivity index (χ0) is 21.5. The Morgan fingerprint density at radius 3 is 2.50 bits per heavy atom. The van der Waals surface area contributed by atoms with Gasteiger partial charge in [0.05, 0.1) is 19.6 Å². The monoisotopic (exact) mass is 417 g/mol. The SMILES string of the molecule is CCOc1ccc(NC(=O)CC2C(=O)NCCN2C(=O)CN2CCN(C)CC2)cc1. The fraction of sp³-hybridized carbons (Fsp3) is 0.571. The summed E-state index contributed by atoms with van der Waals surface area (Å²) in [5.74, 6) is 0.0320. The summed E-state index contributed by atoms with van der Waals surface area (Å²) in [7, 11) is 2.06. The lowest BCUT2D eigenvalue weighted by Gasteiger charge is -2.37. The number of carbonyl (C=O) groups excluding carboxylic acids is 3. The molecular formula is C21H31N5O4. The molecule has 3 amide bonds. The molecule has 164 valence electrons. The Kier molecular flexibility index (Phi) is 7.64. The molecule has 2 aliphatic heterocycles. The molecule has 0 spiro atoms. The number of amides is 3. The van der Waals surface area contributed by atoms with Crippen molar-refractivity contribution in [2.24, 2.45) is 0 Å². The number of nitrogens with one attached hydrogen (secondary N) is 2. The van der Waals surface area contributed by atoms with E-state index >= 15 is 0 Å². The minimum absolute atomic E-state index is 0.0759. The van der Waals surface area contributed by atoms with Gasteiger partial charge in [0.25, 0.3) is 0 Å². The third kappa shape index (κ3) is 5.93. The fourth-order valence-electron chi connectivity index (χ4n) is 3.69. The molecule has 1 aromatic rings. The van der Waals surface area contributed by atoms with Gasteiger partial charge in [0.15, 0.2) is 0 Å². The van der Waals surface area contributed by atoms with Gasteiger partial charge in [0, 0.05) is 45.0 Å². The predicted octanol–water partition coefficient (Wildman–Crippen LogP) is -0.0117. The maximum absolute atomic E-state index is 12.9. The van der Waals surface area contributed by atoms with Gasteiger partial charge in [0.2, 0.25) is 17.7 Å². The number of anilines is 1. The van der Waals surface area contributed by atoms with Crippen LogP contribution in [0, 0.1) is 0 Å². The number of piperazine rings is 2. The van der Waals surface area contributed by atoms with E-state index in [9.17, 15) is 14.4 Å². The number of carbonyl (C=O) groups is 3. The average Bonchev–Trinajstić information content (AvgIpc) is 2.73. The Labute approximate surface area is 177 Å². The van der Waals surface area contributed by atoms with Crippen molar-refractivity contribution in [3.63, 3.8) is 0 Å². The summed E-state index contributed by atoms with van der Waals surface area (Å²) in [6.07, 6.45) is -0.0759. The summed E-state index contributed by atoms with van der Waals surface area (Å²) in [4.78, 5) is 43.7. The van der Waals surface area contributed by atoms with Crippen LogP contribution in [0.2, 0.25) is 0 Å². The first kappa shape index (κ1) is 22.0. The van der Waals surface area contributed by atoms with Crippen LogP contribution in [0.4, 0.5) is 5.69 Å². The van der Waals surface area contributed by atoms with E-state index in [1.807, 2.05) is 6.92 Å². The second kappa shape index (κ2) is 10.4. The first-order valence-electron chi connectivity index (χ1n) is 10.5. The van der Waals surface area contributed by atoms with Crippen LogP contribution < -0.4 is 15.4 Å². The summed E-state index contributed by atoms with van der Waals surface area (Å²) in [6.45, 7) is 7.06. The molecule has 2 aliphatic rings. The van der Waals surface area contributed by atoms with Gasteiger partial charge < -0.3 is 25.2 Å². The molecule has 9 nitrogen and oxygen atoms in total. The highest BCUT2D eigenvalue weighted by Crippen LogP contribution is 2.17. The summed E-state index contributed by atoms with van der Waals surface area (Å²) >= 11 is 0. The average molecular weight is 418 g/mol. The van der Waals surface area contributed by atoms with Crippen molar-refractivity contribution in [1.82, 2.24) is 20.0 Å². The molecule has 2 heterocycles. The summed E-state index contributed by atoms with van der Waals surface area (Å²) < 4.78 is 5.39. The molecule has 0 aromatic heterocycles. The molecule has 2 saturated heterocycles. The van der Waals surface area contributed by atoms with E-state index in [0.29, 0.717) is 25.4 Å². The van der Waals surface area contributed by atoms with E-state index in [2.05, 4.69) is 27.5 Å². The minimum Gasteiger partial charge on any atom is -0.494 e. The first-order chi connectivity index (χ1) is 14.5. The Balaban J connectivity index is 1.57. The lowest BCUT2D eigenvalue weighted by atomic mass is 10.1. The topological polar surface area (TPSA) is 94.2 Å². The molecule has 0 radical (unpaired) electrons. The van der Waals surface area contributed by atoms with Crippen LogP contribution >= 0.6 is 0 Å². The minimum atomic E-state index is -0.790. The molecule has 9 heteroatoms. The van der Waals surface area contributed by atoms with Crippen LogP contribution in [-0.2, 0) is 14.4 Å². The van der Waals surface area contributed by atoms with Crippen molar-refractivity contribution in [2.45, 2.75) is 19.4 Å². The highest BCUT2D eigenvalue weighted by molar-refractivity contribution is 5.97. The Morgan fingerprint density at radius 2 is 1.83 bits per heavy atom. The van der Waals surface area contributed by atoms with Crippen LogP contribution in [0.5, 0.6) is 5.75 Å². The van der Waals surface area contributed by atoms with E-state index in [4.69, 9.17) is 4.74 Å². The predicted molar refractivity (Wildman–Crippen MR) is 113 cm³/mol. The molecule has 0 bridgehead atoms. The summed E-state index contributed by atoms with van der Waals surface area (Å²) in [6, 6.07) is 6.26. The van der Waals surface area contributed by atoms with Gasteiger partial charge in [-0.05, 0) is 38.2 Å². The molecule has 1 atom stereocenters. The van der Waals surface area contributed by atoms with Gasteiger partial charge >= 0.3 is 0 Å². The molecule has 1 aromatic carbocycles. The van der Waals surface area contributed by atoms with Crippen molar-refractivity contribution in [2.75, 3.05) is 64.8 Å². The molecule has 3 rings (SSSR count). The highest BCUT2D eigenvalue weighted by atomic mass is 16.5. The van der Waals surface area contributed by atoms with Crippen molar-refractivity contribution < 1.29 is 19.1 Å². The molecule has 2 N–H and O–H groups in total. The first-order valence-corrected chi connectivity index (χ1v) is 10.5. The van der Waals surface area contributed by atoms with Crippen molar-refractivity contribution in [1.29, 1.82) is 0 Å². The van der Waals surface area contributed by atoms with Gasteiger partial charge in [-0.15, -0.1) is 0 Å². The van der Waals surface area contributed by atoms with Gasteiger partial charge in [-0.1, -0.05) is 0 Å². The Bertz CT molecular complexity index is 746. The van der Waals surface area contributed by atoms with E-state index in [0.717, 1.165) is 31.9 Å². The standard InChI is InChI=1S/C21H31N5O4/c1-3-30-17-6-4-16(5-7-17)23-19(27)14-18-21(29)22-8-9-26(18)20(28)15-25-12-10-24(2)11-13-25/h4-7,18H,3,8-15H2,1-2H3,(H,22,29)(H,23,27). The molecule has 1 unspecified atom stereocenters. The van der Waals surface area contributed by atoms with Crippen LogP contribution in [0.15, 0.2) is 24.3 Å². The lowest BCUT2D eigenvalue weighted by molar-refractivity contribution is -0.145. The van der Waals surface area contributed by atoms with Gasteiger partial charge in [0.1, 0.15) is 11.8 Å². The van der Waals surface area contributed by atoms with Crippen LogP contribution in [0.1, 0.15) is 13.3 Å². The molecule has 30 heavy (non-hydrogen) atoms. The second-order valence-electron chi connectivity index (χ2n) is 7.68. The maximum atomic E-state index is 12.9. The van der Waals surface area contributed by atoms with Crippen molar-refractivity contribution >= 4 is 23.4 Å². The van der Waals surface area contributed by atoms with Crippen molar-refractivity contribution in [3.8, 4) is 5.75 Å². The van der Waals surface area contributed by atoms with Gasteiger partial charge in [-0.2, -0.15) is 0 Å². The van der Waals surface area contributed by atoms with Gasteiger partial charge in [-0.3, -0.25) is 19.3 Å². The van der Waals surface area contributed by atoms with E-state index in [1.165, 1.54) is 0 Å². The maximum Gasteiger partial charge on any atom is 0.243 e. The molecule has 0 saturated carbocycles. The molecule has 2 fully saturated rings. The number of hydrogen-bond donors (Lipinski definition) is 2. The second-order valence-corrected chi connectivity index (χ2v) is 7.68. The zero-order valence-electron chi connectivity index (χ0n) is 17.7. The smallest absolute Gasteiger partial charge is 0.243 e. The van der Waals surface area contributed by atoms with Crippen molar-refractivity contribution in [3.05, 3.63) is 24.3 Å². The summed E-state index contributed by atoms with van der Waals surface area (Å²) in [5.41, 5.74) is 0.620. The van der Waals surface area contributed by atoms with E-state index in [-0.39, 0.29) is 30.7 Å². The highest BCUT2D eigenvalue weighted by Gasteiger charge is 2.35. The van der Waals surface area contributed by atoms with Crippen LogP contribution in [-0.4, -0.2) is 97.9 Å². The van der Waals surface area contributed by atoms with E-state index < -0.39 is 6.04 Å². The Morgan fingerprint density at radius 1 is 1.13 bits per heavy atom. The number of rotatable bonds is 7. The van der Waals surface area contributed by atoms with Crippen LogP contribution in [0.3, 0.4) is 0 Å². The zero-order valence-corrected chi connectivity index (χ0v) is 17.7. The normalized spacial score (nSPS) is 20.5. The number of nitrogens with zero attached hydrogens (tertiary/aromatic N) is 3. The quantitative estimate of drug-likeness (QED) is 0.648. The summed E-state index contributed by atoms with van der Waals surface area (Å²) in [5, 5.41) is 5.56. The third-order valence-electron chi connectivity index (χ3n) is 5.43. The van der Waals surface area contributed by atoms with E-state index in [1.54, 1.807) is 29.2 Å². The lowest BCUT2D eigenvalue weighted by Crippen LogP contribution is -2.60. The molecule has 0 aliphatic carbocycles. The largest absolute Gasteiger partial charge is 0.494 e. The fourth-order valence-corrected chi connectivity index (χ4v) is 3.69. The Hall–Kier alpha value is -2.65. The number of likely N-dealkylation sites (N-methyl/N-ethyl adjacent to an activating group) is 1. The number of hydrogen-bond acceptors (Lipinski definition) is 6. The third-order valence-corrected chi connectivity index (χ3v) is 5.43. The molecular weight excluding hydrogens is 386 g/mol. The van der Waals surface area contributed by atoms with Crippen LogP contribution in [0.25, 0.3) is 0 Å². The number of ether oxygens (including phenoxy) is 1. The van der Waals surface area contributed by atoms with Gasteiger partial charge in [-0.25, -0.2) is 0 Å². The number of benzene rings is 1.